The van der Waals surface area contributed by atoms with Gasteiger partial charge in [0.05, 0.1) is 44.5 Å². The molecule has 0 N–H and O–H groups in total. The van der Waals surface area contributed by atoms with Gasteiger partial charge in [0.15, 0.2) is 0 Å². The van der Waals surface area contributed by atoms with Crippen LogP contribution in [0.3, 0.4) is 0 Å². The Bertz CT molecular complexity index is 3820. The van der Waals surface area contributed by atoms with Gasteiger partial charge in [-0.05, 0) is 63.2 Å². The molecule has 294 valence electrons. The van der Waals surface area contributed by atoms with Crippen LogP contribution in [-0.2, 0) is 0 Å². The molecule has 0 atom stereocenters. The van der Waals surface area contributed by atoms with Crippen LogP contribution in [0.5, 0.6) is 0 Å². The summed E-state index contributed by atoms with van der Waals surface area (Å²) in [6, 6.07) is 62.7. The number of hydrogen-bond acceptors (Lipinski definition) is 4. The van der Waals surface area contributed by atoms with E-state index in [9.17, 15) is 5.26 Å². The number of pyridine rings is 3. The van der Waals surface area contributed by atoms with Crippen LogP contribution in [0.2, 0.25) is 0 Å². The van der Waals surface area contributed by atoms with Gasteiger partial charge in [-0.3, -0.25) is 15.0 Å². The van der Waals surface area contributed by atoms with E-state index in [4.69, 9.17) is 9.97 Å². The molecular weight excluding hydrogens is 781 g/mol. The zero-order valence-electron chi connectivity index (χ0n) is 34.2. The van der Waals surface area contributed by atoms with E-state index in [-0.39, 0.29) is 0 Å². The second kappa shape index (κ2) is 13.0. The van der Waals surface area contributed by atoms with Crippen LogP contribution in [-0.4, -0.2) is 24.1 Å². The summed E-state index contributed by atoms with van der Waals surface area (Å²) >= 11 is 0. The van der Waals surface area contributed by atoms with Crippen molar-refractivity contribution in [1.82, 2.24) is 24.1 Å². The van der Waals surface area contributed by atoms with E-state index in [0.717, 1.165) is 132 Å². The van der Waals surface area contributed by atoms with Gasteiger partial charge in [0.1, 0.15) is 11.6 Å². The van der Waals surface area contributed by atoms with Crippen LogP contribution in [0, 0.1) is 11.3 Å². The molecule has 6 heteroatoms. The Kier molecular flexibility index (Phi) is 7.08. The van der Waals surface area contributed by atoms with E-state index in [2.05, 4.69) is 190 Å². The van der Waals surface area contributed by atoms with E-state index >= 15 is 0 Å². The lowest BCUT2D eigenvalue weighted by atomic mass is 9.82. The molecule has 0 saturated heterocycles. The molecule has 0 saturated carbocycles. The van der Waals surface area contributed by atoms with E-state index in [1.54, 1.807) is 0 Å². The van der Waals surface area contributed by atoms with Crippen molar-refractivity contribution in [3.63, 3.8) is 0 Å². The minimum Gasteiger partial charge on any atom is -0.307 e. The highest BCUT2D eigenvalue weighted by molar-refractivity contribution is 6.35. The molecule has 5 aromatic heterocycles. The highest BCUT2D eigenvalue weighted by Gasteiger charge is 2.33. The topological polar surface area (TPSA) is 72.3 Å². The molecule has 0 unspecified atom stereocenters. The molecule has 0 aliphatic heterocycles. The standard InChI is InChI=1S/C58H32N6/c59-32-42-57(63-44-24-12-22-38-37-26-29-60-33-43(37)39-23-13-25-45(63)52(39)51(38)44)49(35-16-6-2-7-17-35)48(34-14-4-1-5-15-34)50(36-18-8-3-9-19-36)58(42)64-46-27-30-61-55-40-20-10-11-21-41(40)56-54(53(46)55)47(64)28-31-62-56/h1-31,33H. The van der Waals surface area contributed by atoms with Crippen LogP contribution in [0.15, 0.2) is 195 Å². The SMILES string of the molecule is N#Cc1c(-n2c3cccc4c5ccncc5c5cccc2c5c43)c(-c2ccccc2)c(-c2ccccc2)c(-c2ccccc2)c1-n1c2ccnc3c4ccccc4c4nccc1c4c32. The Morgan fingerprint density at radius 1 is 0.359 bits per heavy atom. The monoisotopic (exact) mass is 812 g/mol. The summed E-state index contributed by atoms with van der Waals surface area (Å²) < 4.78 is 4.72. The first-order valence-electron chi connectivity index (χ1n) is 21.5. The lowest BCUT2D eigenvalue weighted by molar-refractivity contribution is 1.12. The number of nitrogens with zero attached hydrogens (tertiary/aromatic N) is 6. The second-order valence-corrected chi connectivity index (χ2v) is 16.6. The molecule has 14 aromatic rings. The molecule has 9 aromatic carbocycles. The van der Waals surface area contributed by atoms with Gasteiger partial charge in [-0.15, -0.1) is 0 Å². The summed E-state index contributed by atoms with van der Waals surface area (Å²) in [4.78, 5) is 14.7. The van der Waals surface area contributed by atoms with Gasteiger partial charge in [0.2, 0.25) is 0 Å². The van der Waals surface area contributed by atoms with Crippen molar-refractivity contribution in [3.05, 3.63) is 200 Å². The van der Waals surface area contributed by atoms with Crippen molar-refractivity contribution in [2.75, 3.05) is 0 Å². The number of aromatic nitrogens is 5. The number of rotatable bonds is 5. The Labute approximate surface area is 365 Å². The van der Waals surface area contributed by atoms with Gasteiger partial charge >= 0.3 is 0 Å². The number of benzene rings is 9. The van der Waals surface area contributed by atoms with Gasteiger partial charge in [0.25, 0.3) is 0 Å². The zero-order chi connectivity index (χ0) is 42.0. The molecule has 0 bridgehead atoms. The predicted octanol–water partition coefficient (Wildman–Crippen LogP) is 14.4. The smallest absolute Gasteiger partial charge is 0.104 e. The Morgan fingerprint density at radius 2 is 0.797 bits per heavy atom. The molecule has 0 spiro atoms. The molecule has 0 amide bonds. The fourth-order valence-corrected chi connectivity index (χ4v) is 11.0. The number of nitriles is 1. The maximum absolute atomic E-state index is 12.3. The number of fused-ring (bicyclic) bond motifs is 6. The van der Waals surface area contributed by atoms with Crippen LogP contribution < -0.4 is 0 Å². The summed E-state index contributed by atoms with van der Waals surface area (Å²) in [5, 5.41) is 23.3. The van der Waals surface area contributed by atoms with Crippen molar-refractivity contribution in [3.8, 4) is 50.8 Å². The summed E-state index contributed by atoms with van der Waals surface area (Å²) in [7, 11) is 0. The highest BCUT2D eigenvalue weighted by atomic mass is 15.0. The van der Waals surface area contributed by atoms with E-state index in [1.165, 1.54) is 0 Å². The fourth-order valence-electron chi connectivity index (χ4n) is 11.0. The molecule has 6 nitrogen and oxygen atoms in total. The lowest BCUT2D eigenvalue weighted by Gasteiger charge is -2.27. The normalized spacial score (nSPS) is 12.0. The maximum Gasteiger partial charge on any atom is 0.104 e. The van der Waals surface area contributed by atoms with Crippen molar-refractivity contribution in [2.24, 2.45) is 0 Å². The van der Waals surface area contributed by atoms with Crippen molar-refractivity contribution in [1.29, 1.82) is 5.26 Å². The van der Waals surface area contributed by atoms with Crippen LogP contribution in [0.1, 0.15) is 5.56 Å². The molecule has 64 heavy (non-hydrogen) atoms. The fraction of sp³-hybridized carbons (Fsp3) is 0. The van der Waals surface area contributed by atoms with Gasteiger partial charge in [-0.25, -0.2) is 0 Å². The Balaban J connectivity index is 1.30. The third-order valence-corrected chi connectivity index (χ3v) is 13.4. The van der Waals surface area contributed by atoms with Crippen LogP contribution >= 0.6 is 0 Å². The maximum atomic E-state index is 12.3. The van der Waals surface area contributed by atoms with Crippen LogP contribution in [0.4, 0.5) is 0 Å². The first-order valence-corrected chi connectivity index (χ1v) is 21.5. The minimum atomic E-state index is 0.553. The quantitative estimate of drug-likeness (QED) is 0.162. The van der Waals surface area contributed by atoms with Gasteiger partial charge in [-0.2, -0.15) is 5.26 Å². The number of hydrogen-bond donors (Lipinski definition) is 0. The average molecular weight is 813 g/mol. The summed E-state index contributed by atoms with van der Waals surface area (Å²) in [5.74, 6) is 0. The van der Waals surface area contributed by atoms with Crippen molar-refractivity contribution >= 4 is 87.0 Å². The largest absolute Gasteiger partial charge is 0.307 e. The van der Waals surface area contributed by atoms with Gasteiger partial charge in [-0.1, -0.05) is 140 Å². The first kappa shape index (κ1) is 34.8. The third kappa shape index (κ3) is 4.49. The minimum absolute atomic E-state index is 0.553. The molecule has 5 heterocycles. The molecule has 0 aliphatic rings. The average Bonchev–Trinajstić information content (AvgIpc) is 3.89. The first-order chi connectivity index (χ1) is 31.8. The van der Waals surface area contributed by atoms with E-state index in [0.29, 0.717) is 5.56 Å². The lowest BCUT2D eigenvalue weighted by Crippen LogP contribution is -2.11. The summed E-state index contributed by atoms with van der Waals surface area (Å²) in [6.45, 7) is 0. The molecule has 0 radical (unpaired) electrons. The molecular formula is C58H32N6. The third-order valence-electron chi connectivity index (χ3n) is 13.4. The molecule has 0 aliphatic carbocycles. The second-order valence-electron chi connectivity index (χ2n) is 16.6. The zero-order valence-corrected chi connectivity index (χ0v) is 34.2. The van der Waals surface area contributed by atoms with Gasteiger partial charge in [0, 0.05) is 79.2 Å². The Hall–Kier alpha value is -8.92. The van der Waals surface area contributed by atoms with Crippen molar-refractivity contribution < 1.29 is 0 Å². The predicted molar refractivity (Wildman–Crippen MR) is 262 cm³/mol. The van der Waals surface area contributed by atoms with Gasteiger partial charge < -0.3 is 9.13 Å². The van der Waals surface area contributed by atoms with Crippen LogP contribution in [0.25, 0.3) is 132 Å². The van der Waals surface area contributed by atoms with E-state index < -0.39 is 0 Å². The highest BCUT2D eigenvalue weighted by Crippen LogP contribution is 2.54. The summed E-state index contributed by atoms with van der Waals surface area (Å²) in [6.07, 6.45) is 7.68. The van der Waals surface area contributed by atoms with E-state index in [1.807, 2.05) is 24.8 Å². The molecule has 0 fully saturated rings. The van der Waals surface area contributed by atoms with Crippen molar-refractivity contribution in [2.45, 2.75) is 0 Å². The molecule has 14 rings (SSSR count). The Morgan fingerprint density at radius 3 is 1.30 bits per heavy atom. The summed E-state index contributed by atoms with van der Waals surface area (Å²) in [5.41, 5.74) is 14.0.